The van der Waals surface area contributed by atoms with E-state index in [9.17, 15) is 9.59 Å². The molecule has 1 saturated carbocycles. The summed E-state index contributed by atoms with van der Waals surface area (Å²) in [6.45, 7) is 4.09. The van der Waals surface area contributed by atoms with Gasteiger partial charge in [-0.25, -0.2) is 14.8 Å². The molecule has 0 aromatic carbocycles. The fraction of sp³-hybridized carbons (Fsp3) is 0.464. The number of hydrogen-bond acceptors (Lipinski definition) is 9. The standard InChI is InChI=1S/C28H34N8O4/c1-3-39-23(37)12-6-4-5-11-22-34-26(35-40-22)24-18(2)15-20(16-30-24)32-28(38)33-21-17-31-27-29-13-14-36(27)25(21)19-9-7-8-10-19/h13-17,19H,3-12H2,1-2H3,(H2,32,33,38). The van der Waals surface area contributed by atoms with Gasteiger partial charge in [0.25, 0.3) is 0 Å². The number of imidazole rings is 1. The molecule has 0 atom stereocenters. The van der Waals surface area contributed by atoms with E-state index in [1.54, 1.807) is 25.5 Å². The van der Waals surface area contributed by atoms with Crippen LogP contribution in [0.1, 0.15) is 81.4 Å². The number of aryl methyl sites for hydroxylation is 2. The number of nitrogens with zero attached hydrogens (tertiary/aromatic N) is 6. The van der Waals surface area contributed by atoms with Crippen LogP contribution in [0.15, 0.2) is 35.4 Å². The van der Waals surface area contributed by atoms with Gasteiger partial charge in [0.1, 0.15) is 5.69 Å². The van der Waals surface area contributed by atoms with Crippen LogP contribution in [-0.2, 0) is 16.0 Å². The molecule has 0 unspecified atom stereocenters. The van der Waals surface area contributed by atoms with Gasteiger partial charge in [0.15, 0.2) is 0 Å². The van der Waals surface area contributed by atoms with Gasteiger partial charge < -0.3 is 19.9 Å². The highest BCUT2D eigenvalue weighted by molar-refractivity contribution is 6.00. The van der Waals surface area contributed by atoms with Gasteiger partial charge in [-0.2, -0.15) is 4.98 Å². The molecular formula is C28H34N8O4. The van der Waals surface area contributed by atoms with Gasteiger partial charge in [-0.3, -0.25) is 14.2 Å². The Balaban J connectivity index is 1.18. The summed E-state index contributed by atoms with van der Waals surface area (Å²) in [5.41, 5.74) is 3.64. The Labute approximate surface area is 232 Å². The van der Waals surface area contributed by atoms with Crippen molar-refractivity contribution in [1.82, 2.24) is 29.5 Å². The highest BCUT2D eigenvalue weighted by atomic mass is 16.5. The second-order valence-electron chi connectivity index (χ2n) is 9.98. The number of fused-ring (bicyclic) bond motifs is 1. The van der Waals surface area contributed by atoms with Crippen molar-refractivity contribution in [2.45, 2.75) is 77.6 Å². The number of carbonyl (C=O) groups is 2. The molecule has 0 bridgehead atoms. The largest absolute Gasteiger partial charge is 0.466 e. The lowest BCUT2D eigenvalue weighted by Crippen LogP contribution is -2.22. The van der Waals surface area contributed by atoms with Crippen LogP contribution < -0.4 is 10.6 Å². The summed E-state index contributed by atoms with van der Waals surface area (Å²) in [7, 11) is 0. The summed E-state index contributed by atoms with van der Waals surface area (Å²) < 4.78 is 12.3. The number of nitrogens with one attached hydrogen (secondary N) is 2. The molecule has 1 aliphatic rings. The van der Waals surface area contributed by atoms with Crippen molar-refractivity contribution in [3.63, 3.8) is 0 Å². The van der Waals surface area contributed by atoms with E-state index in [1.165, 1.54) is 12.8 Å². The van der Waals surface area contributed by atoms with Crippen LogP contribution in [0.2, 0.25) is 0 Å². The van der Waals surface area contributed by atoms with Crippen molar-refractivity contribution in [1.29, 1.82) is 0 Å². The number of pyridine rings is 1. The molecule has 4 heterocycles. The predicted octanol–water partition coefficient (Wildman–Crippen LogP) is 5.45. The van der Waals surface area contributed by atoms with Crippen LogP contribution in [0.25, 0.3) is 17.3 Å². The van der Waals surface area contributed by atoms with Gasteiger partial charge in [-0.05, 0) is 51.2 Å². The molecule has 0 radical (unpaired) electrons. The molecule has 1 aliphatic carbocycles. The lowest BCUT2D eigenvalue weighted by Gasteiger charge is -2.18. The van der Waals surface area contributed by atoms with Crippen LogP contribution in [0, 0.1) is 6.92 Å². The Morgan fingerprint density at radius 3 is 2.75 bits per heavy atom. The van der Waals surface area contributed by atoms with Gasteiger partial charge in [0, 0.05) is 31.2 Å². The zero-order valence-electron chi connectivity index (χ0n) is 22.9. The van der Waals surface area contributed by atoms with Crippen molar-refractivity contribution in [2.24, 2.45) is 0 Å². The number of hydrogen-bond donors (Lipinski definition) is 2. The van der Waals surface area contributed by atoms with Gasteiger partial charge >= 0.3 is 12.0 Å². The normalized spacial score (nSPS) is 13.6. The summed E-state index contributed by atoms with van der Waals surface area (Å²) >= 11 is 0. The van der Waals surface area contributed by atoms with E-state index in [0.29, 0.717) is 59.9 Å². The molecule has 2 N–H and O–H groups in total. The summed E-state index contributed by atoms with van der Waals surface area (Å²) in [6.07, 6.45) is 14.9. The summed E-state index contributed by atoms with van der Waals surface area (Å²) in [5, 5.41) is 9.92. The van der Waals surface area contributed by atoms with E-state index in [4.69, 9.17) is 9.26 Å². The topological polar surface area (TPSA) is 149 Å². The van der Waals surface area contributed by atoms with E-state index in [0.717, 1.165) is 43.4 Å². The molecule has 12 heteroatoms. The highest BCUT2D eigenvalue weighted by Crippen LogP contribution is 2.37. The number of ether oxygens (including phenoxy) is 1. The molecule has 0 saturated heterocycles. The molecule has 0 aliphatic heterocycles. The van der Waals surface area contributed by atoms with Crippen LogP contribution in [0.3, 0.4) is 0 Å². The first-order valence-corrected chi connectivity index (χ1v) is 13.9. The maximum atomic E-state index is 12.9. The van der Waals surface area contributed by atoms with E-state index in [1.807, 2.05) is 23.6 Å². The second-order valence-corrected chi connectivity index (χ2v) is 9.98. The van der Waals surface area contributed by atoms with Crippen LogP contribution in [0.4, 0.5) is 16.2 Å². The van der Waals surface area contributed by atoms with Crippen LogP contribution >= 0.6 is 0 Å². The number of aromatic nitrogens is 6. The second kappa shape index (κ2) is 12.7. The SMILES string of the molecule is CCOC(=O)CCCCCc1nc(-c2ncc(NC(=O)Nc3cnc4nccn4c3C3CCCC3)cc2C)no1. The number of anilines is 2. The Hall–Kier alpha value is -4.35. The van der Waals surface area contributed by atoms with E-state index < -0.39 is 0 Å². The van der Waals surface area contributed by atoms with Gasteiger partial charge in [0.2, 0.25) is 17.5 Å². The van der Waals surface area contributed by atoms with E-state index >= 15 is 0 Å². The van der Waals surface area contributed by atoms with E-state index in [2.05, 4.69) is 35.7 Å². The molecule has 4 aromatic rings. The lowest BCUT2D eigenvalue weighted by atomic mass is 10.0. The number of urea groups is 1. The molecule has 210 valence electrons. The Kier molecular flexibility index (Phi) is 8.62. The Morgan fingerprint density at radius 2 is 1.95 bits per heavy atom. The fourth-order valence-electron chi connectivity index (χ4n) is 5.18. The van der Waals surface area contributed by atoms with Gasteiger partial charge in [-0.15, -0.1) is 0 Å². The Bertz CT molecular complexity index is 1470. The zero-order valence-corrected chi connectivity index (χ0v) is 22.9. The first-order valence-electron chi connectivity index (χ1n) is 13.9. The maximum Gasteiger partial charge on any atom is 0.323 e. The zero-order chi connectivity index (χ0) is 27.9. The minimum absolute atomic E-state index is 0.165. The van der Waals surface area contributed by atoms with Gasteiger partial charge in [-0.1, -0.05) is 24.4 Å². The van der Waals surface area contributed by atoms with Crippen molar-refractivity contribution < 1.29 is 18.8 Å². The van der Waals surface area contributed by atoms with Crippen LogP contribution in [-0.4, -0.2) is 48.1 Å². The number of carbonyl (C=O) groups excluding carboxylic acids is 2. The third-order valence-corrected chi connectivity index (χ3v) is 7.05. The van der Waals surface area contributed by atoms with Gasteiger partial charge in [0.05, 0.1) is 36.1 Å². The molecule has 5 rings (SSSR count). The van der Waals surface area contributed by atoms with Crippen molar-refractivity contribution in [2.75, 3.05) is 17.2 Å². The first-order chi connectivity index (χ1) is 19.5. The van der Waals surface area contributed by atoms with E-state index in [-0.39, 0.29) is 12.0 Å². The minimum atomic E-state index is -0.376. The number of rotatable bonds is 11. The molecule has 2 amide bonds. The minimum Gasteiger partial charge on any atom is -0.466 e. The predicted molar refractivity (Wildman–Crippen MR) is 148 cm³/mol. The number of unbranched alkanes of at least 4 members (excludes halogenated alkanes) is 2. The summed E-state index contributed by atoms with van der Waals surface area (Å²) in [6, 6.07) is 1.45. The number of amides is 2. The third kappa shape index (κ3) is 6.44. The summed E-state index contributed by atoms with van der Waals surface area (Å²) in [5.74, 6) is 1.73. The Morgan fingerprint density at radius 1 is 1.10 bits per heavy atom. The fourth-order valence-corrected chi connectivity index (χ4v) is 5.18. The maximum absolute atomic E-state index is 12.9. The molecule has 0 spiro atoms. The monoisotopic (exact) mass is 546 g/mol. The molecule has 4 aromatic heterocycles. The smallest absolute Gasteiger partial charge is 0.323 e. The average Bonchev–Trinajstić information content (AvgIpc) is 3.71. The van der Waals surface area contributed by atoms with Crippen molar-refractivity contribution in [3.8, 4) is 11.5 Å². The number of esters is 1. The molecule has 1 fully saturated rings. The third-order valence-electron chi connectivity index (χ3n) is 7.05. The lowest BCUT2D eigenvalue weighted by molar-refractivity contribution is -0.143. The summed E-state index contributed by atoms with van der Waals surface area (Å²) in [4.78, 5) is 42.0. The van der Waals surface area contributed by atoms with Crippen LogP contribution in [0.5, 0.6) is 0 Å². The van der Waals surface area contributed by atoms with Crippen molar-refractivity contribution in [3.05, 3.63) is 48.0 Å². The molecule has 12 nitrogen and oxygen atoms in total. The quantitative estimate of drug-likeness (QED) is 0.185. The average molecular weight is 547 g/mol. The molecular weight excluding hydrogens is 512 g/mol. The molecule has 40 heavy (non-hydrogen) atoms. The highest BCUT2D eigenvalue weighted by Gasteiger charge is 2.24. The first kappa shape index (κ1) is 27.2. The van der Waals surface area contributed by atoms with Crippen molar-refractivity contribution >= 4 is 29.2 Å².